The van der Waals surface area contributed by atoms with Gasteiger partial charge in [-0.3, -0.25) is 0 Å². The molecule has 120 valence electrons. The van der Waals surface area contributed by atoms with Gasteiger partial charge in [-0.1, -0.05) is 18.2 Å². The van der Waals surface area contributed by atoms with Gasteiger partial charge in [-0.05, 0) is 18.6 Å². The second-order valence-electron chi connectivity index (χ2n) is 4.51. The normalized spacial score (nSPS) is 12.6. The molecule has 1 aromatic rings. The van der Waals surface area contributed by atoms with Crippen LogP contribution in [-0.4, -0.2) is 45.4 Å². The first-order valence-electron chi connectivity index (χ1n) is 6.15. The lowest BCUT2D eigenvalue weighted by molar-refractivity contribution is 0.0600. The van der Waals surface area contributed by atoms with Crippen molar-refractivity contribution >= 4 is 28.4 Å². The van der Waals surface area contributed by atoms with Gasteiger partial charge in [0.05, 0.1) is 18.4 Å². The lowest BCUT2D eigenvalue weighted by Crippen LogP contribution is -2.40. The molecule has 1 atom stereocenters. The highest BCUT2D eigenvalue weighted by Crippen LogP contribution is 2.16. The van der Waals surface area contributed by atoms with Gasteiger partial charge in [0.2, 0.25) is 10.0 Å². The van der Waals surface area contributed by atoms with Gasteiger partial charge in [-0.15, -0.1) is 12.4 Å². The van der Waals surface area contributed by atoms with E-state index in [2.05, 4.69) is 4.74 Å². The lowest BCUT2D eigenvalue weighted by Gasteiger charge is -2.23. The Bertz CT molecular complexity index is 577. The Morgan fingerprint density at radius 2 is 1.95 bits per heavy atom. The fourth-order valence-corrected chi connectivity index (χ4v) is 3.16. The van der Waals surface area contributed by atoms with Gasteiger partial charge in [0.25, 0.3) is 0 Å². The molecule has 0 spiro atoms. The maximum atomic E-state index is 12.3. The molecule has 0 saturated carbocycles. The minimum absolute atomic E-state index is 0. The molecular formula is C13H21ClN2O4S. The zero-order valence-electron chi connectivity index (χ0n) is 12.3. The number of ether oxygens (including phenoxy) is 1. The van der Waals surface area contributed by atoms with Gasteiger partial charge in [0, 0.05) is 19.6 Å². The Kier molecular flexibility index (Phi) is 7.87. The summed E-state index contributed by atoms with van der Waals surface area (Å²) in [6, 6.07) is 6.19. The number of nitrogens with zero attached hydrogens (tertiary/aromatic N) is 1. The predicted molar refractivity (Wildman–Crippen MR) is 83.9 cm³/mol. The molecule has 0 heterocycles. The molecule has 1 rings (SSSR count). The van der Waals surface area contributed by atoms with Crippen LogP contribution in [0.1, 0.15) is 22.8 Å². The van der Waals surface area contributed by atoms with Crippen molar-refractivity contribution in [1.29, 1.82) is 0 Å². The van der Waals surface area contributed by atoms with Crippen molar-refractivity contribution in [2.75, 3.05) is 20.7 Å². The SMILES string of the molecule is COC(=O)c1ccccc1CS(=O)(=O)N(C)C(C)CN.Cl. The minimum atomic E-state index is -3.54. The zero-order chi connectivity index (χ0) is 15.3. The molecule has 0 radical (unpaired) electrons. The molecule has 0 saturated heterocycles. The molecule has 1 aromatic carbocycles. The number of carbonyl (C=O) groups is 1. The molecule has 0 bridgehead atoms. The summed E-state index contributed by atoms with van der Waals surface area (Å²) in [5.41, 5.74) is 6.15. The van der Waals surface area contributed by atoms with Crippen molar-refractivity contribution in [3.05, 3.63) is 35.4 Å². The summed E-state index contributed by atoms with van der Waals surface area (Å²) < 4.78 is 30.4. The van der Waals surface area contributed by atoms with E-state index in [0.717, 1.165) is 0 Å². The molecule has 0 amide bonds. The van der Waals surface area contributed by atoms with Gasteiger partial charge >= 0.3 is 5.97 Å². The van der Waals surface area contributed by atoms with Crippen molar-refractivity contribution < 1.29 is 17.9 Å². The topological polar surface area (TPSA) is 89.7 Å². The monoisotopic (exact) mass is 336 g/mol. The number of sulfonamides is 1. The van der Waals surface area contributed by atoms with E-state index in [-0.39, 0.29) is 36.3 Å². The molecule has 6 nitrogen and oxygen atoms in total. The summed E-state index contributed by atoms with van der Waals surface area (Å²) in [6.07, 6.45) is 0. The molecule has 0 aliphatic carbocycles. The largest absolute Gasteiger partial charge is 0.465 e. The number of halogens is 1. The Balaban J connectivity index is 0.00000400. The molecule has 0 aliphatic heterocycles. The van der Waals surface area contributed by atoms with E-state index >= 15 is 0 Å². The third-order valence-corrected chi connectivity index (χ3v) is 5.07. The van der Waals surface area contributed by atoms with E-state index in [1.54, 1.807) is 31.2 Å². The Morgan fingerprint density at radius 3 is 2.48 bits per heavy atom. The summed E-state index contributed by atoms with van der Waals surface area (Å²) >= 11 is 0. The molecular weight excluding hydrogens is 316 g/mol. The van der Waals surface area contributed by atoms with E-state index in [1.807, 2.05) is 0 Å². The van der Waals surface area contributed by atoms with Gasteiger partial charge in [-0.2, -0.15) is 0 Å². The number of hydrogen-bond donors (Lipinski definition) is 1. The third-order valence-electron chi connectivity index (χ3n) is 3.16. The van der Waals surface area contributed by atoms with Crippen LogP contribution in [0.4, 0.5) is 0 Å². The standard InChI is InChI=1S/C13H20N2O4S.ClH/c1-10(8-14)15(2)20(17,18)9-11-6-4-5-7-12(11)13(16)19-3;/h4-7,10H,8-9,14H2,1-3H3;1H. The number of methoxy groups -OCH3 is 1. The molecule has 8 heteroatoms. The van der Waals surface area contributed by atoms with E-state index < -0.39 is 16.0 Å². The van der Waals surface area contributed by atoms with Crippen LogP contribution in [0.5, 0.6) is 0 Å². The molecule has 1 unspecified atom stereocenters. The van der Waals surface area contributed by atoms with Crippen LogP contribution in [0, 0.1) is 0 Å². The summed E-state index contributed by atoms with van der Waals surface area (Å²) in [7, 11) is -0.803. The molecule has 0 aliphatic rings. The van der Waals surface area contributed by atoms with E-state index in [0.29, 0.717) is 5.56 Å². The summed E-state index contributed by atoms with van der Waals surface area (Å²) in [5, 5.41) is 0. The van der Waals surface area contributed by atoms with Crippen LogP contribution in [0.3, 0.4) is 0 Å². The molecule has 0 fully saturated rings. The first-order valence-corrected chi connectivity index (χ1v) is 7.76. The highest BCUT2D eigenvalue weighted by atomic mass is 35.5. The highest BCUT2D eigenvalue weighted by molar-refractivity contribution is 7.88. The number of likely N-dealkylation sites (N-methyl/N-ethyl adjacent to an activating group) is 1. The van der Waals surface area contributed by atoms with Crippen LogP contribution in [-0.2, 0) is 20.5 Å². The quantitative estimate of drug-likeness (QED) is 0.783. The van der Waals surface area contributed by atoms with Gasteiger partial charge < -0.3 is 10.5 Å². The highest BCUT2D eigenvalue weighted by Gasteiger charge is 2.25. The second-order valence-corrected chi connectivity index (χ2v) is 6.53. The number of benzene rings is 1. The van der Waals surface area contributed by atoms with Crippen LogP contribution >= 0.6 is 12.4 Å². The first-order chi connectivity index (χ1) is 9.33. The van der Waals surface area contributed by atoms with E-state index in [4.69, 9.17) is 5.73 Å². The number of carbonyl (C=O) groups excluding carboxylic acids is 1. The van der Waals surface area contributed by atoms with Crippen molar-refractivity contribution in [2.24, 2.45) is 5.73 Å². The van der Waals surface area contributed by atoms with Crippen LogP contribution in [0.2, 0.25) is 0 Å². The first kappa shape index (κ1) is 19.9. The Labute approximate surface area is 131 Å². The van der Waals surface area contributed by atoms with Gasteiger partial charge in [0.1, 0.15) is 0 Å². The number of rotatable bonds is 6. The molecule has 2 N–H and O–H groups in total. The number of nitrogens with two attached hydrogens (primary N) is 1. The number of hydrogen-bond acceptors (Lipinski definition) is 5. The fraction of sp³-hybridized carbons (Fsp3) is 0.462. The van der Waals surface area contributed by atoms with Crippen molar-refractivity contribution in [2.45, 2.75) is 18.7 Å². The van der Waals surface area contributed by atoms with Crippen molar-refractivity contribution in [1.82, 2.24) is 4.31 Å². The summed E-state index contributed by atoms with van der Waals surface area (Å²) in [4.78, 5) is 11.6. The second kappa shape index (κ2) is 8.33. The summed E-state index contributed by atoms with van der Waals surface area (Å²) in [5.74, 6) is -0.815. The zero-order valence-corrected chi connectivity index (χ0v) is 13.9. The molecule has 0 aromatic heterocycles. The van der Waals surface area contributed by atoms with Gasteiger partial charge in [0.15, 0.2) is 0 Å². The van der Waals surface area contributed by atoms with Gasteiger partial charge in [-0.25, -0.2) is 17.5 Å². The average Bonchev–Trinajstić information content (AvgIpc) is 2.44. The van der Waals surface area contributed by atoms with Crippen molar-refractivity contribution in [3.63, 3.8) is 0 Å². The average molecular weight is 337 g/mol. The van der Waals surface area contributed by atoms with Crippen molar-refractivity contribution in [3.8, 4) is 0 Å². The Hall–Kier alpha value is -1.15. The van der Waals surface area contributed by atoms with Crippen LogP contribution in [0.15, 0.2) is 24.3 Å². The minimum Gasteiger partial charge on any atom is -0.465 e. The number of esters is 1. The third kappa shape index (κ3) is 4.96. The van der Waals surface area contributed by atoms with E-state index in [1.165, 1.54) is 18.5 Å². The Morgan fingerprint density at radius 1 is 1.38 bits per heavy atom. The lowest BCUT2D eigenvalue weighted by atomic mass is 10.1. The fourth-order valence-electron chi connectivity index (χ4n) is 1.68. The summed E-state index contributed by atoms with van der Waals surface area (Å²) in [6.45, 7) is 1.96. The van der Waals surface area contributed by atoms with E-state index in [9.17, 15) is 13.2 Å². The van der Waals surface area contributed by atoms with Crippen LogP contribution in [0.25, 0.3) is 0 Å². The maximum Gasteiger partial charge on any atom is 0.338 e. The maximum absolute atomic E-state index is 12.3. The molecule has 21 heavy (non-hydrogen) atoms. The van der Waals surface area contributed by atoms with Crippen LogP contribution < -0.4 is 5.73 Å². The smallest absolute Gasteiger partial charge is 0.338 e. The predicted octanol–water partition coefficient (Wildman–Crippen LogP) is 1.00.